The Morgan fingerprint density at radius 3 is 2.13 bits per heavy atom. The fourth-order valence-electron chi connectivity index (χ4n) is 1.25. The Kier molecular flexibility index (Phi) is 4.70. The number of carboxylic acid groups (broad SMARTS) is 1. The number of carboxylic acids is 1. The number of aliphatic carboxylic acids is 1. The first-order valence-electron chi connectivity index (χ1n) is 4.52. The summed E-state index contributed by atoms with van der Waals surface area (Å²) in [5, 5.41) is 27.2. The minimum absolute atomic E-state index is 0.150. The van der Waals surface area contributed by atoms with Crippen molar-refractivity contribution in [1.82, 2.24) is 4.90 Å². The van der Waals surface area contributed by atoms with E-state index in [0.29, 0.717) is 0 Å². The largest absolute Gasteiger partial charge is 0.480 e. The van der Waals surface area contributed by atoms with Crippen molar-refractivity contribution in [2.45, 2.75) is 19.4 Å². The van der Waals surface area contributed by atoms with Crippen molar-refractivity contribution in [1.29, 1.82) is 0 Å². The number of rotatable bonds is 5. The predicted octanol–water partition coefficient (Wildman–Crippen LogP) is -1.09. The molecule has 0 aliphatic rings. The molecule has 0 aromatic rings. The first-order valence-corrected chi connectivity index (χ1v) is 4.52. The van der Waals surface area contributed by atoms with Gasteiger partial charge in [0.1, 0.15) is 0 Å². The maximum atomic E-state index is 11.6. The van der Waals surface area contributed by atoms with Gasteiger partial charge < -0.3 is 20.2 Å². The second kappa shape index (κ2) is 5.09. The minimum atomic E-state index is -1.91. The van der Waals surface area contributed by atoms with Crippen molar-refractivity contribution in [3.8, 4) is 0 Å². The van der Waals surface area contributed by atoms with Gasteiger partial charge in [-0.2, -0.15) is 0 Å². The maximum absolute atomic E-state index is 11.6. The smallest absolute Gasteiger partial charge is 0.321 e. The molecule has 0 saturated heterocycles. The average Bonchev–Trinajstić information content (AvgIpc) is 2.15. The molecule has 6 heteroatoms. The Balaban J connectivity index is 5.06. The molecule has 0 saturated carbocycles. The summed E-state index contributed by atoms with van der Waals surface area (Å²) in [7, 11) is 2.82. The topological polar surface area (TPSA) is 98.1 Å². The van der Waals surface area contributed by atoms with Gasteiger partial charge in [-0.1, -0.05) is 0 Å². The molecule has 1 unspecified atom stereocenters. The third-order valence-electron chi connectivity index (χ3n) is 2.36. The van der Waals surface area contributed by atoms with Crippen LogP contribution in [0.4, 0.5) is 0 Å². The summed E-state index contributed by atoms with van der Waals surface area (Å²) in [6.07, 6.45) is -1.56. The molecule has 0 bridgehead atoms. The summed E-state index contributed by atoms with van der Waals surface area (Å²) >= 11 is 0. The van der Waals surface area contributed by atoms with Crippen LogP contribution in [0.2, 0.25) is 0 Å². The van der Waals surface area contributed by atoms with Crippen LogP contribution in [0.25, 0.3) is 0 Å². The van der Waals surface area contributed by atoms with E-state index in [4.69, 9.17) is 10.2 Å². The van der Waals surface area contributed by atoms with Crippen LogP contribution in [-0.2, 0) is 9.59 Å². The molecule has 15 heavy (non-hydrogen) atoms. The van der Waals surface area contributed by atoms with E-state index in [1.54, 1.807) is 0 Å². The van der Waals surface area contributed by atoms with Gasteiger partial charge in [-0.25, -0.2) is 0 Å². The molecule has 0 fully saturated rings. The SMILES string of the molecule is CN(C)C(=O)C(C)(C(=O)O)[C@@H](O)CCO. The lowest BCUT2D eigenvalue weighted by Gasteiger charge is -2.31. The molecule has 0 spiro atoms. The third kappa shape index (κ3) is 2.66. The van der Waals surface area contributed by atoms with Crippen molar-refractivity contribution in [3.63, 3.8) is 0 Å². The summed E-state index contributed by atoms with van der Waals surface area (Å²) in [5.41, 5.74) is -1.91. The number of aliphatic hydroxyl groups excluding tert-OH is 2. The highest BCUT2D eigenvalue weighted by atomic mass is 16.4. The number of carbonyl (C=O) groups is 2. The lowest BCUT2D eigenvalue weighted by Crippen LogP contribution is -2.51. The van der Waals surface area contributed by atoms with Crippen LogP contribution < -0.4 is 0 Å². The highest BCUT2D eigenvalue weighted by molar-refractivity contribution is 6.02. The number of hydrogen-bond donors (Lipinski definition) is 3. The zero-order valence-corrected chi connectivity index (χ0v) is 9.10. The Morgan fingerprint density at radius 2 is 1.87 bits per heavy atom. The number of nitrogens with zero attached hydrogens (tertiary/aromatic N) is 1. The highest BCUT2D eigenvalue weighted by Crippen LogP contribution is 2.26. The van der Waals surface area contributed by atoms with Crippen LogP contribution in [0.15, 0.2) is 0 Å². The lowest BCUT2D eigenvalue weighted by molar-refractivity contribution is -0.167. The van der Waals surface area contributed by atoms with E-state index < -0.39 is 23.4 Å². The standard InChI is InChI=1S/C9H17NO5/c1-9(8(14)15,6(12)4-5-11)7(13)10(2)3/h6,11-12H,4-5H2,1-3H3,(H,14,15)/t6-,9?/m0/s1. The summed E-state index contributed by atoms with van der Waals surface area (Å²) in [5.74, 6) is -2.10. The van der Waals surface area contributed by atoms with E-state index in [2.05, 4.69) is 0 Å². The van der Waals surface area contributed by atoms with Crippen molar-refractivity contribution in [2.75, 3.05) is 20.7 Å². The van der Waals surface area contributed by atoms with E-state index in [9.17, 15) is 14.7 Å². The highest BCUT2D eigenvalue weighted by Gasteiger charge is 2.48. The minimum Gasteiger partial charge on any atom is -0.480 e. The molecule has 0 aromatic carbocycles. The number of aliphatic hydroxyl groups is 2. The fourth-order valence-corrected chi connectivity index (χ4v) is 1.25. The summed E-state index contributed by atoms with van der Waals surface area (Å²) in [6.45, 7) is 0.780. The molecule has 88 valence electrons. The lowest BCUT2D eigenvalue weighted by atomic mass is 9.81. The van der Waals surface area contributed by atoms with Gasteiger partial charge >= 0.3 is 5.97 Å². The average molecular weight is 219 g/mol. The van der Waals surface area contributed by atoms with Gasteiger partial charge in [-0.05, 0) is 13.3 Å². The first kappa shape index (κ1) is 13.9. The molecule has 0 aliphatic carbocycles. The van der Waals surface area contributed by atoms with Crippen LogP contribution >= 0.6 is 0 Å². The molecule has 6 nitrogen and oxygen atoms in total. The van der Waals surface area contributed by atoms with Crippen molar-refractivity contribution in [3.05, 3.63) is 0 Å². The first-order chi connectivity index (χ1) is 6.78. The zero-order valence-electron chi connectivity index (χ0n) is 9.10. The molecule has 0 heterocycles. The molecular formula is C9H17NO5. The van der Waals surface area contributed by atoms with Crippen LogP contribution in [0.1, 0.15) is 13.3 Å². The van der Waals surface area contributed by atoms with Gasteiger partial charge in [0.05, 0.1) is 6.10 Å². The quantitative estimate of drug-likeness (QED) is 0.510. The Morgan fingerprint density at radius 1 is 1.40 bits per heavy atom. The number of hydrogen-bond acceptors (Lipinski definition) is 4. The summed E-state index contributed by atoms with van der Waals surface area (Å²) in [6, 6.07) is 0. The van der Waals surface area contributed by atoms with E-state index in [1.165, 1.54) is 14.1 Å². The van der Waals surface area contributed by atoms with Crippen LogP contribution in [0.5, 0.6) is 0 Å². The Hall–Kier alpha value is -1.14. The predicted molar refractivity (Wildman–Crippen MR) is 52.1 cm³/mol. The van der Waals surface area contributed by atoms with E-state index in [-0.39, 0.29) is 13.0 Å². The molecule has 1 amide bonds. The summed E-state index contributed by atoms with van der Waals surface area (Å²) < 4.78 is 0. The molecule has 3 N–H and O–H groups in total. The van der Waals surface area contributed by atoms with Gasteiger partial charge in [-0.3, -0.25) is 9.59 Å². The van der Waals surface area contributed by atoms with Crippen LogP contribution in [-0.4, -0.2) is 58.9 Å². The second-order valence-corrected chi connectivity index (χ2v) is 3.74. The van der Waals surface area contributed by atoms with Gasteiger partial charge in [-0.15, -0.1) is 0 Å². The van der Waals surface area contributed by atoms with Crippen molar-refractivity contribution in [2.24, 2.45) is 5.41 Å². The maximum Gasteiger partial charge on any atom is 0.321 e. The molecule has 0 radical (unpaired) electrons. The van der Waals surface area contributed by atoms with Gasteiger partial charge in [0, 0.05) is 20.7 Å². The van der Waals surface area contributed by atoms with Gasteiger partial charge in [0.25, 0.3) is 0 Å². The molecule has 0 aliphatic heterocycles. The number of amides is 1. The fraction of sp³-hybridized carbons (Fsp3) is 0.778. The Bertz CT molecular complexity index is 253. The van der Waals surface area contributed by atoms with Gasteiger partial charge in [0.15, 0.2) is 5.41 Å². The van der Waals surface area contributed by atoms with Crippen LogP contribution in [0.3, 0.4) is 0 Å². The molecular weight excluding hydrogens is 202 g/mol. The van der Waals surface area contributed by atoms with Gasteiger partial charge in [0.2, 0.25) is 5.91 Å². The van der Waals surface area contributed by atoms with Crippen LogP contribution in [0, 0.1) is 5.41 Å². The summed E-state index contributed by atoms with van der Waals surface area (Å²) in [4.78, 5) is 23.7. The Labute approximate surface area is 88.1 Å². The van der Waals surface area contributed by atoms with E-state index in [1.807, 2.05) is 0 Å². The van der Waals surface area contributed by atoms with E-state index >= 15 is 0 Å². The van der Waals surface area contributed by atoms with E-state index in [0.717, 1.165) is 11.8 Å². The second-order valence-electron chi connectivity index (χ2n) is 3.74. The molecule has 2 atom stereocenters. The molecule has 0 aromatic heterocycles. The zero-order chi connectivity index (χ0) is 12.2. The monoisotopic (exact) mass is 219 g/mol. The van der Waals surface area contributed by atoms with Crippen molar-refractivity contribution >= 4 is 11.9 Å². The van der Waals surface area contributed by atoms with Crippen molar-refractivity contribution < 1.29 is 24.9 Å². The molecule has 0 rings (SSSR count). The normalized spacial score (nSPS) is 16.6. The number of carbonyl (C=O) groups excluding carboxylic acids is 1. The third-order valence-corrected chi connectivity index (χ3v) is 2.36.